The van der Waals surface area contributed by atoms with E-state index in [9.17, 15) is 27.9 Å². The van der Waals surface area contributed by atoms with E-state index >= 15 is 0 Å². The van der Waals surface area contributed by atoms with Crippen molar-refractivity contribution in [2.75, 3.05) is 0 Å². The molecule has 0 unspecified atom stereocenters. The van der Waals surface area contributed by atoms with Crippen LogP contribution in [0.1, 0.15) is 16.7 Å². The molecule has 4 aromatic carbocycles. The molecule has 0 aromatic heterocycles. The van der Waals surface area contributed by atoms with E-state index in [1.807, 2.05) is 42.5 Å². The number of azo groups is 1. The summed E-state index contributed by atoms with van der Waals surface area (Å²) < 4.78 is 38.8. The molecule has 1 heterocycles. The van der Waals surface area contributed by atoms with E-state index in [1.54, 1.807) is 0 Å². The molecule has 6 nitrogen and oxygen atoms in total. The summed E-state index contributed by atoms with van der Waals surface area (Å²) in [6.07, 6.45) is -3.12. The lowest BCUT2D eigenvalue weighted by atomic mass is 10.0. The average molecular weight is 534 g/mol. The number of aromatic hydroxyl groups is 1. The number of hydrogen-bond donors (Lipinski definition) is 1. The number of benzene rings is 4. The molecule has 1 aliphatic heterocycles. The Hall–Kier alpha value is -4.44. The quantitative estimate of drug-likeness (QED) is 0.207. The van der Waals surface area contributed by atoms with Crippen molar-refractivity contribution >= 4 is 51.1 Å². The standard InChI is InChI=1S/C28H18F3N3O3S/c29-28(30,31)20-8-4-9-21(15-20)32-33-22-11-12-24(35)19(13-22)14-25-26(36)34(27(37)38-25)16-18-7-3-6-17-5-1-2-10-23(17)18/h1-15,35H,16H2/b25-14-,33-32?. The summed E-state index contributed by atoms with van der Waals surface area (Å²) >= 11 is 0.757. The van der Waals surface area contributed by atoms with Crippen LogP contribution in [0, 0.1) is 0 Å². The number of halogens is 3. The van der Waals surface area contributed by atoms with Crippen LogP contribution >= 0.6 is 11.8 Å². The summed E-state index contributed by atoms with van der Waals surface area (Å²) in [6.45, 7) is 0.0978. The fraction of sp³-hybridized carbons (Fsp3) is 0.0714. The molecule has 0 atom stereocenters. The molecule has 1 aliphatic rings. The molecular formula is C28H18F3N3O3S. The number of amides is 2. The number of phenols is 1. The number of carbonyl (C=O) groups excluding carboxylic acids is 2. The van der Waals surface area contributed by atoms with Crippen molar-refractivity contribution in [2.24, 2.45) is 10.2 Å². The van der Waals surface area contributed by atoms with Crippen LogP contribution in [0.25, 0.3) is 16.8 Å². The maximum Gasteiger partial charge on any atom is 0.416 e. The second-order valence-electron chi connectivity index (χ2n) is 8.40. The van der Waals surface area contributed by atoms with Gasteiger partial charge in [0.25, 0.3) is 11.1 Å². The first-order valence-corrected chi connectivity index (χ1v) is 12.1. The van der Waals surface area contributed by atoms with Gasteiger partial charge < -0.3 is 5.11 Å². The largest absolute Gasteiger partial charge is 0.507 e. The van der Waals surface area contributed by atoms with E-state index in [-0.39, 0.29) is 34.1 Å². The molecule has 0 radical (unpaired) electrons. The molecule has 0 aliphatic carbocycles. The predicted molar refractivity (Wildman–Crippen MR) is 139 cm³/mol. The van der Waals surface area contributed by atoms with Gasteiger partial charge in [-0.25, -0.2) is 0 Å². The van der Waals surface area contributed by atoms with Crippen LogP contribution in [0.5, 0.6) is 5.75 Å². The second-order valence-corrected chi connectivity index (χ2v) is 9.39. The molecule has 0 spiro atoms. The lowest BCUT2D eigenvalue weighted by molar-refractivity contribution is -0.137. The van der Waals surface area contributed by atoms with Gasteiger partial charge in [0.05, 0.1) is 28.4 Å². The van der Waals surface area contributed by atoms with Gasteiger partial charge in [0.15, 0.2) is 0 Å². The average Bonchev–Trinajstić information content (AvgIpc) is 3.16. The van der Waals surface area contributed by atoms with Crippen LogP contribution in [0.4, 0.5) is 29.3 Å². The van der Waals surface area contributed by atoms with Gasteiger partial charge in [0.2, 0.25) is 0 Å². The Morgan fingerprint density at radius 2 is 1.58 bits per heavy atom. The van der Waals surface area contributed by atoms with E-state index < -0.39 is 22.9 Å². The molecule has 5 rings (SSSR count). The van der Waals surface area contributed by atoms with Crippen molar-refractivity contribution in [1.82, 2.24) is 4.90 Å². The highest BCUT2D eigenvalue weighted by Crippen LogP contribution is 2.37. The molecule has 10 heteroatoms. The fourth-order valence-corrected chi connectivity index (χ4v) is 4.79. The minimum atomic E-state index is -4.51. The van der Waals surface area contributed by atoms with E-state index in [1.165, 1.54) is 36.4 Å². The molecule has 1 fully saturated rings. The van der Waals surface area contributed by atoms with Gasteiger partial charge in [-0.1, -0.05) is 48.5 Å². The zero-order chi connectivity index (χ0) is 26.9. The summed E-state index contributed by atoms with van der Waals surface area (Å²) in [4.78, 5) is 27.0. The molecule has 4 aromatic rings. The van der Waals surface area contributed by atoms with Crippen LogP contribution < -0.4 is 0 Å². The van der Waals surface area contributed by atoms with Gasteiger partial charge in [-0.3, -0.25) is 14.5 Å². The van der Waals surface area contributed by atoms with Gasteiger partial charge in [-0.15, -0.1) is 0 Å². The molecular weight excluding hydrogens is 515 g/mol. The number of fused-ring (bicyclic) bond motifs is 1. The molecule has 0 saturated carbocycles. The molecule has 2 amide bonds. The van der Waals surface area contributed by atoms with Gasteiger partial charge in [-0.05, 0) is 70.6 Å². The topological polar surface area (TPSA) is 82.3 Å². The van der Waals surface area contributed by atoms with E-state index in [4.69, 9.17) is 0 Å². The molecule has 190 valence electrons. The highest BCUT2D eigenvalue weighted by molar-refractivity contribution is 8.18. The molecule has 0 bridgehead atoms. The third-order valence-corrected chi connectivity index (χ3v) is 6.74. The van der Waals surface area contributed by atoms with Crippen molar-refractivity contribution in [3.8, 4) is 5.75 Å². The minimum absolute atomic E-state index is 0.00371. The van der Waals surface area contributed by atoms with Gasteiger partial charge in [0, 0.05) is 5.56 Å². The fourth-order valence-electron chi connectivity index (χ4n) is 3.96. The van der Waals surface area contributed by atoms with Gasteiger partial charge in [-0.2, -0.15) is 23.4 Å². The van der Waals surface area contributed by atoms with Crippen LogP contribution in [0.15, 0.2) is 100 Å². The Morgan fingerprint density at radius 3 is 2.37 bits per heavy atom. The number of hydrogen-bond acceptors (Lipinski definition) is 6. The number of nitrogens with zero attached hydrogens (tertiary/aromatic N) is 3. The lowest BCUT2D eigenvalue weighted by Crippen LogP contribution is -2.27. The number of imide groups is 1. The van der Waals surface area contributed by atoms with Crippen molar-refractivity contribution in [3.63, 3.8) is 0 Å². The highest BCUT2D eigenvalue weighted by Gasteiger charge is 2.35. The van der Waals surface area contributed by atoms with Crippen LogP contribution in [-0.4, -0.2) is 21.2 Å². The van der Waals surface area contributed by atoms with Crippen LogP contribution in [-0.2, 0) is 17.5 Å². The molecule has 38 heavy (non-hydrogen) atoms. The smallest absolute Gasteiger partial charge is 0.416 e. The maximum atomic E-state index is 13.1. The summed E-state index contributed by atoms with van der Waals surface area (Å²) in [7, 11) is 0. The summed E-state index contributed by atoms with van der Waals surface area (Å²) in [5.41, 5.74) is 0.428. The number of alkyl halides is 3. The first-order valence-electron chi connectivity index (χ1n) is 11.3. The molecule has 1 saturated heterocycles. The Labute approximate surface area is 219 Å². The van der Waals surface area contributed by atoms with E-state index in [2.05, 4.69) is 10.2 Å². The third kappa shape index (κ3) is 5.30. The number of phenolic OH excluding ortho intramolecular Hbond substituents is 1. The van der Waals surface area contributed by atoms with Crippen molar-refractivity contribution in [2.45, 2.75) is 12.7 Å². The summed E-state index contributed by atoms with van der Waals surface area (Å²) in [5, 5.41) is 19.6. The van der Waals surface area contributed by atoms with Crippen molar-refractivity contribution < 1.29 is 27.9 Å². The van der Waals surface area contributed by atoms with Crippen molar-refractivity contribution in [3.05, 3.63) is 107 Å². The van der Waals surface area contributed by atoms with Crippen molar-refractivity contribution in [1.29, 1.82) is 0 Å². The van der Waals surface area contributed by atoms with E-state index in [0.717, 1.165) is 45.1 Å². The van der Waals surface area contributed by atoms with Crippen LogP contribution in [0.2, 0.25) is 0 Å². The first-order chi connectivity index (χ1) is 18.2. The zero-order valence-corrected chi connectivity index (χ0v) is 20.3. The van der Waals surface area contributed by atoms with E-state index in [0.29, 0.717) is 0 Å². The van der Waals surface area contributed by atoms with Gasteiger partial charge in [0.1, 0.15) is 5.75 Å². The highest BCUT2D eigenvalue weighted by atomic mass is 32.2. The monoisotopic (exact) mass is 533 g/mol. The SMILES string of the molecule is O=C1S/C(=C\c2cc(N=Nc3cccc(C(F)(F)F)c3)ccc2O)C(=O)N1Cc1cccc2ccccc12. The van der Waals surface area contributed by atoms with Gasteiger partial charge >= 0.3 is 6.18 Å². The second kappa shape index (κ2) is 10.1. The third-order valence-electron chi connectivity index (χ3n) is 5.83. The Balaban J connectivity index is 1.38. The summed E-state index contributed by atoms with van der Waals surface area (Å²) in [6, 6.07) is 21.9. The zero-order valence-electron chi connectivity index (χ0n) is 19.5. The number of rotatable bonds is 5. The normalized spacial score (nSPS) is 15.3. The lowest BCUT2D eigenvalue weighted by Gasteiger charge is -2.14. The Morgan fingerprint density at radius 1 is 0.868 bits per heavy atom. The predicted octanol–water partition coefficient (Wildman–Crippen LogP) is 8.22. The molecule has 1 N–H and O–H groups in total. The minimum Gasteiger partial charge on any atom is -0.507 e. The Kier molecular flexibility index (Phi) is 6.73. The Bertz CT molecular complexity index is 1630. The number of carbonyl (C=O) groups is 2. The maximum absolute atomic E-state index is 13.1. The number of thioether (sulfide) groups is 1. The summed E-state index contributed by atoms with van der Waals surface area (Å²) in [5.74, 6) is -0.660. The first kappa shape index (κ1) is 25.2. The van der Waals surface area contributed by atoms with Crippen LogP contribution in [0.3, 0.4) is 0 Å².